The average molecular weight is 223 g/mol. The first-order chi connectivity index (χ1) is 6.86. The third kappa shape index (κ3) is 2.59. The quantitative estimate of drug-likeness (QED) is 0.781. The van der Waals surface area contributed by atoms with Gasteiger partial charge in [0.25, 0.3) is 0 Å². The molecule has 84 valence electrons. The second-order valence-electron chi connectivity index (χ2n) is 2.91. The van der Waals surface area contributed by atoms with Gasteiger partial charge in [0.15, 0.2) is 0 Å². The largest absolute Gasteiger partial charge is 0.496 e. The lowest BCUT2D eigenvalue weighted by Crippen LogP contribution is -2.28. The second-order valence-corrected chi connectivity index (χ2v) is 2.91. The summed E-state index contributed by atoms with van der Waals surface area (Å²) in [7, 11) is 1.19. The van der Waals surface area contributed by atoms with Gasteiger partial charge >= 0.3 is 6.18 Å². The van der Waals surface area contributed by atoms with Crippen LogP contribution < -0.4 is 10.5 Å². The molecule has 1 aromatic rings. The highest BCUT2D eigenvalue weighted by Crippen LogP contribution is 2.35. The molecular formula is C9H9F4NO. The Bertz CT molecular complexity index is 350. The molecule has 0 spiro atoms. The molecule has 1 aromatic carbocycles. The van der Waals surface area contributed by atoms with E-state index in [0.29, 0.717) is 0 Å². The number of hydrogen-bond acceptors (Lipinski definition) is 2. The summed E-state index contributed by atoms with van der Waals surface area (Å²) in [5.41, 5.74) is 4.53. The lowest BCUT2D eigenvalue weighted by molar-refractivity contribution is -0.149. The van der Waals surface area contributed by atoms with Crippen molar-refractivity contribution in [2.75, 3.05) is 7.11 Å². The molecule has 0 amide bonds. The summed E-state index contributed by atoms with van der Waals surface area (Å²) in [5.74, 6) is -0.869. The molecule has 2 nitrogen and oxygen atoms in total. The van der Waals surface area contributed by atoms with E-state index in [2.05, 4.69) is 4.74 Å². The van der Waals surface area contributed by atoms with Crippen molar-refractivity contribution in [3.8, 4) is 5.75 Å². The predicted octanol–water partition coefficient (Wildman–Crippen LogP) is 2.40. The number of nitrogens with two attached hydrogens (primary N) is 1. The monoisotopic (exact) mass is 223 g/mol. The predicted molar refractivity (Wildman–Crippen MR) is 45.9 cm³/mol. The molecule has 0 saturated carbocycles. The molecule has 0 radical (unpaired) electrons. The van der Waals surface area contributed by atoms with E-state index in [1.165, 1.54) is 7.11 Å². The van der Waals surface area contributed by atoms with Gasteiger partial charge in [-0.25, -0.2) is 4.39 Å². The van der Waals surface area contributed by atoms with Crippen LogP contribution >= 0.6 is 0 Å². The highest BCUT2D eigenvalue weighted by atomic mass is 19.4. The highest BCUT2D eigenvalue weighted by molar-refractivity contribution is 5.37. The van der Waals surface area contributed by atoms with Crippen molar-refractivity contribution in [3.05, 3.63) is 29.6 Å². The summed E-state index contributed by atoms with van der Waals surface area (Å²) < 4.78 is 54.3. The molecular weight excluding hydrogens is 214 g/mol. The molecule has 6 heteroatoms. The topological polar surface area (TPSA) is 35.2 Å². The molecule has 0 heterocycles. The standard InChI is InChI=1S/C9H9F4NO/c1-15-7-3-2-5(10)4-6(7)8(14)9(11,12)13/h2-4,8H,14H2,1H3/t8-/m0/s1. The van der Waals surface area contributed by atoms with Gasteiger partial charge in [-0.05, 0) is 18.2 Å². The fraction of sp³-hybridized carbons (Fsp3) is 0.333. The van der Waals surface area contributed by atoms with Crippen LogP contribution in [0.3, 0.4) is 0 Å². The van der Waals surface area contributed by atoms with Crippen LogP contribution in [-0.2, 0) is 0 Å². The van der Waals surface area contributed by atoms with Gasteiger partial charge in [-0.2, -0.15) is 13.2 Å². The number of rotatable bonds is 2. The number of benzene rings is 1. The van der Waals surface area contributed by atoms with Gasteiger partial charge in [0.1, 0.15) is 17.6 Å². The van der Waals surface area contributed by atoms with Crippen molar-refractivity contribution in [1.29, 1.82) is 0 Å². The Kier molecular flexibility index (Phi) is 3.18. The summed E-state index contributed by atoms with van der Waals surface area (Å²) in [6, 6.07) is 0.585. The number of alkyl halides is 3. The Balaban J connectivity index is 3.17. The SMILES string of the molecule is COc1ccc(F)cc1[C@H](N)C(F)(F)F. The molecule has 0 aromatic heterocycles. The maximum atomic E-state index is 12.8. The maximum absolute atomic E-state index is 12.8. The minimum atomic E-state index is -4.62. The fourth-order valence-corrected chi connectivity index (χ4v) is 1.12. The van der Waals surface area contributed by atoms with Gasteiger partial charge in [-0.15, -0.1) is 0 Å². The van der Waals surface area contributed by atoms with Crippen molar-refractivity contribution in [2.45, 2.75) is 12.2 Å². The molecule has 0 saturated heterocycles. The van der Waals surface area contributed by atoms with Crippen molar-refractivity contribution < 1.29 is 22.3 Å². The van der Waals surface area contributed by atoms with Crippen molar-refractivity contribution >= 4 is 0 Å². The van der Waals surface area contributed by atoms with E-state index in [-0.39, 0.29) is 5.75 Å². The first kappa shape index (κ1) is 11.8. The van der Waals surface area contributed by atoms with Crippen molar-refractivity contribution in [1.82, 2.24) is 0 Å². The number of halogens is 4. The molecule has 0 bridgehead atoms. The van der Waals surface area contributed by atoms with Gasteiger partial charge in [0.05, 0.1) is 7.11 Å². The Morgan fingerprint density at radius 3 is 2.40 bits per heavy atom. The number of hydrogen-bond donors (Lipinski definition) is 1. The molecule has 0 fully saturated rings. The van der Waals surface area contributed by atoms with Crippen molar-refractivity contribution in [2.24, 2.45) is 5.73 Å². The van der Waals surface area contributed by atoms with Gasteiger partial charge < -0.3 is 10.5 Å². The third-order valence-corrected chi connectivity index (χ3v) is 1.88. The van der Waals surface area contributed by atoms with E-state index in [1.54, 1.807) is 0 Å². The molecule has 0 aliphatic heterocycles. The molecule has 1 rings (SSSR count). The van der Waals surface area contributed by atoms with Gasteiger partial charge in [-0.3, -0.25) is 0 Å². The van der Waals surface area contributed by atoms with Crippen LogP contribution in [0.4, 0.5) is 17.6 Å². The van der Waals surface area contributed by atoms with Crippen molar-refractivity contribution in [3.63, 3.8) is 0 Å². The summed E-state index contributed by atoms with van der Waals surface area (Å²) in [5, 5.41) is 0. The van der Waals surface area contributed by atoms with E-state index >= 15 is 0 Å². The highest BCUT2D eigenvalue weighted by Gasteiger charge is 2.39. The maximum Gasteiger partial charge on any atom is 0.407 e. The zero-order valence-electron chi connectivity index (χ0n) is 7.81. The Labute approximate surface area is 83.6 Å². The van der Waals surface area contributed by atoms with Crippen LogP contribution in [0, 0.1) is 5.82 Å². The Morgan fingerprint density at radius 2 is 1.93 bits per heavy atom. The zero-order valence-corrected chi connectivity index (χ0v) is 7.81. The molecule has 0 aliphatic carbocycles. The van der Waals surface area contributed by atoms with E-state index in [0.717, 1.165) is 18.2 Å². The third-order valence-electron chi connectivity index (χ3n) is 1.88. The van der Waals surface area contributed by atoms with Gasteiger partial charge in [0.2, 0.25) is 0 Å². The van der Waals surface area contributed by atoms with Gasteiger partial charge in [0, 0.05) is 5.56 Å². The first-order valence-electron chi connectivity index (χ1n) is 4.02. The van der Waals surface area contributed by atoms with Crippen LogP contribution in [0.5, 0.6) is 5.75 Å². The molecule has 0 aliphatic rings. The average Bonchev–Trinajstić information content (AvgIpc) is 2.15. The summed E-state index contributed by atoms with van der Waals surface area (Å²) >= 11 is 0. The van der Waals surface area contributed by atoms with Crippen LogP contribution in [0.1, 0.15) is 11.6 Å². The van der Waals surface area contributed by atoms with E-state index in [9.17, 15) is 17.6 Å². The normalized spacial score (nSPS) is 13.7. The lowest BCUT2D eigenvalue weighted by atomic mass is 10.1. The van der Waals surface area contributed by atoms with Crippen LogP contribution in [0.15, 0.2) is 18.2 Å². The molecule has 0 unspecified atom stereocenters. The van der Waals surface area contributed by atoms with E-state index in [4.69, 9.17) is 5.73 Å². The van der Waals surface area contributed by atoms with E-state index in [1.807, 2.05) is 0 Å². The Hall–Kier alpha value is -1.30. The zero-order chi connectivity index (χ0) is 11.6. The fourth-order valence-electron chi connectivity index (χ4n) is 1.12. The van der Waals surface area contributed by atoms with Crippen LogP contribution in [0.2, 0.25) is 0 Å². The van der Waals surface area contributed by atoms with Crippen LogP contribution in [-0.4, -0.2) is 13.3 Å². The minimum absolute atomic E-state index is 0.0822. The van der Waals surface area contributed by atoms with E-state index < -0.39 is 23.6 Å². The van der Waals surface area contributed by atoms with Crippen LogP contribution in [0.25, 0.3) is 0 Å². The first-order valence-corrected chi connectivity index (χ1v) is 4.02. The summed E-state index contributed by atoms with van der Waals surface area (Å²) in [4.78, 5) is 0. The Morgan fingerprint density at radius 1 is 1.33 bits per heavy atom. The summed E-state index contributed by atoms with van der Waals surface area (Å²) in [6.07, 6.45) is -4.62. The number of ether oxygens (including phenoxy) is 1. The summed E-state index contributed by atoms with van der Waals surface area (Å²) in [6.45, 7) is 0. The molecule has 2 N–H and O–H groups in total. The lowest BCUT2D eigenvalue weighted by Gasteiger charge is -2.18. The smallest absolute Gasteiger partial charge is 0.407 e. The second kappa shape index (κ2) is 4.06. The van der Waals surface area contributed by atoms with Gasteiger partial charge in [-0.1, -0.05) is 0 Å². The number of methoxy groups -OCH3 is 1. The molecule has 1 atom stereocenters. The minimum Gasteiger partial charge on any atom is -0.496 e. The molecule has 15 heavy (non-hydrogen) atoms.